The van der Waals surface area contributed by atoms with Gasteiger partial charge in [-0.3, -0.25) is 15.2 Å². The minimum atomic E-state index is -0.504. The molecule has 1 N–H and O–H groups in total. The number of benzene rings is 1. The zero-order chi connectivity index (χ0) is 11.7. The number of nitro groups is 1. The first-order chi connectivity index (χ1) is 7.59. The molecule has 1 aromatic heterocycles. The minimum Gasteiger partial charge on any atom is -0.271 e. The van der Waals surface area contributed by atoms with E-state index in [2.05, 4.69) is 26.1 Å². The summed E-state index contributed by atoms with van der Waals surface area (Å²) < 4.78 is 0.788. The predicted molar refractivity (Wildman–Crippen MR) is 63.4 cm³/mol. The fourth-order valence-corrected chi connectivity index (χ4v) is 1.88. The molecule has 1 aromatic carbocycles. The number of aromatic nitrogens is 2. The first-order valence-corrected chi connectivity index (χ1v) is 5.40. The van der Waals surface area contributed by atoms with Gasteiger partial charge in [-0.25, -0.2) is 0 Å². The highest BCUT2D eigenvalue weighted by molar-refractivity contribution is 9.10. The van der Waals surface area contributed by atoms with Gasteiger partial charge in [-0.1, -0.05) is 27.5 Å². The third-order valence-electron chi connectivity index (χ3n) is 2.01. The van der Waals surface area contributed by atoms with Gasteiger partial charge < -0.3 is 0 Å². The van der Waals surface area contributed by atoms with Gasteiger partial charge in [0.25, 0.3) is 0 Å². The Hall–Kier alpha value is -1.40. The third kappa shape index (κ3) is 1.94. The molecule has 16 heavy (non-hydrogen) atoms. The molecule has 1 heterocycles. The lowest BCUT2D eigenvalue weighted by Crippen LogP contribution is -1.89. The fraction of sp³-hybridized carbons (Fsp3) is 0. The first-order valence-electron chi connectivity index (χ1n) is 4.23. The molecule has 0 atom stereocenters. The summed E-state index contributed by atoms with van der Waals surface area (Å²) in [6.07, 6.45) is 1.16. The van der Waals surface area contributed by atoms with Gasteiger partial charge in [0.15, 0.2) is 0 Å². The molecule has 0 fully saturated rings. The van der Waals surface area contributed by atoms with E-state index in [-0.39, 0.29) is 5.69 Å². The quantitative estimate of drug-likeness (QED) is 0.682. The van der Waals surface area contributed by atoms with Gasteiger partial charge >= 0.3 is 5.69 Å². The molecule has 0 amide bonds. The van der Waals surface area contributed by atoms with Crippen LogP contribution in [0.25, 0.3) is 11.3 Å². The first kappa shape index (κ1) is 11.1. The summed E-state index contributed by atoms with van der Waals surface area (Å²) >= 11 is 9.25. The van der Waals surface area contributed by atoms with Crippen LogP contribution in [0.15, 0.2) is 28.9 Å². The summed E-state index contributed by atoms with van der Waals surface area (Å²) in [7, 11) is 0. The molecule has 0 radical (unpaired) electrons. The zero-order valence-electron chi connectivity index (χ0n) is 7.78. The molecule has 0 saturated heterocycles. The van der Waals surface area contributed by atoms with Crippen LogP contribution in [0.4, 0.5) is 5.69 Å². The third-order valence-corrected chi connectivity index (χ3v) is 2.84. The van der Waals surface area contributed by atoms with Gasteiger partial charge in [0.05, 0.1) is 9.95 Å². The maximum atomic E-state index is 10.7. The van der Waals surface area contributed by atoms with Crippen molar-refractivity contribution in [3.05, 3.63) is 44.0 Å². The number of nitrogens with one attached hydrogen (secondary N) is 1. The van der Waals surface area contributed by atoms with Gasteiger partial charge in [0.2, 0.25) is 0 Å². The number of aromatic amines is 1. The van der Waals surface area contributed by atoms with Crippen molar-refractivity contribution < 1.29 is 4.92 Å². The summed E-state index contributed by atoms with van der Waals surface area (Å²) in [5.41, 5.74) is 0.747. The lowest BCUT2D eigenvalue weighted by atomic mass is 10.1. The highest BCUT2D eigenvalue weighted by Gasteiger charge is 2.19. The second-order valence-electron chi connectivity index (χ2n) is 3.01. The molecule has 0 aliphatic rings. The van der Waals surface area contributed by atoms with Crippen LogP contribution in [0.3, 0.4) is 0 Å². The second-order valence-corrected chi connectivity index (χ2v) is 4.33. The largest absolute Gasteiger partial charge is 0.314 e. The molecular formula is C9H5BrClN3O2. The van der Waals surface area contributed by atoms with E-state index in [0.29, 0.717) is 16.3 Å². The van der Waals surface area contributed by atoms with Crippen LogP contribution >= 0.6 is 27.5 Å². The van der Waals surface area contributed by atoms with E-state index in [0.717, 1.165) is 10.7 Å². The van der Waals surface area contributed by atoms with Crippen LogP contribution in [0.2, 0.25) is 5.02 Å². The van der Waals surface area contributed by atoms with E-state index in [1.165, 1.54) is 0 Å². The summed E-state index contributed by atoms with van der Waals surface area (Å²) in [6, 6.07) is 5.11. The molecule has 0 bridgehead atoms. The Kier molecular flexibility index (Phi) is 2.93. The van der Waals surface area contributed by atoms with Crippen LogP contribution in [-0.2, 0) is 0 Å². The fourth-order valence-electron chi connectivity index (χ4n) is 1.31. The normalized spacial score (nSPS) is 10.4. The number of nitrogens with zero attached hydrogens (tertiary/aromatic N) is 2. The van der Waals surface area contributed by atoms with Gasteiger partial charge in [-0.15, -0.1) is 0 Å². The van der Waals surface area contributed by atoms with E-state index < -0.39 is 4.92 Å². The molecule has 5 nitrogen and oxygen atoms in total. The Labute approximate surface area is 104 Å². The Morgan fingerprint density at radius 3 is 2.94 bits per heavy atom. The van der Waals surface area contributed by atoms with Crippen molar-refractivity contribution in [1.29, 1.82) is 0 Å². The standard InChI is InChI=1S/C9H5BrClN3O2/c10-5-1-2-7(11)6(3-5)9-8(14(15)16)4-12-13-9/h1-4H,(H,12,13). The topological polar surface area (TPSA) is 71.8 Å². The Balaban J connectivity index is 2.62. The van der Waals surface area contributed by atoms with Crippen LogP contribution in [0, 0.1) is 10.1 Å². The summed E-state index contributed by atoms with van der Waals surface area (Å²) in [6.45, 7) is 0. The van der Waals surface area contributed by atoms with Gasteiger partial charge in [0, 0.05) is 10.0 Å². The van der Waals surface area contributed by atoms with Crippen molar-refractivity contribution in [2.24, 2.45) is 0 Å². The molecule has 82 valence electrons. The highest BCUT2D eigenvalue weighted by Crippen LogP contribution is 2.34. The van der Waals surface area contributed by atoms with E-state index >= 15 is 0 Å². The average molecular weight is 303 g/mol. The Bertz CT molecular complexity index is 555. The molecule has 0 unspecified atom stereocenters. The van der Waals surface area contributed by atoms with E-state index in [1.54, 1.807) is 18.2 Å². The number of hydrogen-bond donors (Lipinski definition) is 1. The van der Waals surface area contributed by atoms with Crippen molar-refractivity contribution in [2.75, 3.05) is 0 Å². The predicted octanol–water partition coefficient (Wildman–Crippen LogP) is 3.40. The minimum absolute atomic E-state index is 0.0972. The lowest BCUT2D eigenvalue weighted by molar-refractivity contribution is -0.384. The van der Waals surface area contributed by atoms with Crippen molar-refractivity contribution in [3.63, 3.8) is 0 Å². The van der Waals surface area contributed by atoms with Crippen molar-refractivity contribution in [3.8, 4) is 11.3 Å². The second kappa shape index (κ2) is 4.23. The maximum Gasteiger partial charge on any atom is 0.314 e. The summed E-state index contributed by atoms with van der Waals surface area (Å²) in [5.74, 6) is 0. The Morgan fingerprint density at radius 1 is 1.50 bits per heavy atom. The number of H-pyrrole nitrogens is 1. The number of halogens is 2. The van der Waals surface area contributed by atoms with Crippen LogP contribution in [-0.4, -0.2) is 15.1 Å². The van der Waals surface area contributed by atoms with Crippen LogP contribution in [0.5, 0.6) is 0 Å². The molecule has 0 aliphatic heterocycles. The summed E-state index contributed by atoms with van der Waals surface area (Å²) in [4.78, 5) is 10.2. The zero-order valence-corrected chi connectivity index (χ0v) is 10.1. The van der Waals surface area contributed by atoms with Crippen molar-refractivity contribution in [1.82, 2.24) is 10.2 Å². The van der Waals surface area contributed by atoms with Crippen molar-refractivity contribution in [2.45, 2.75) is 0 Å². The number of rotatable bonds is 2. The van der Waals surface area contributed by atoms with Crippen molar-refractivity contribution >= 4 is 33.2 Å². The molecule has 0 aliphatic carbocycles. The smallest absolute Gasteiger partial charge is 0.271 e. The van der Waals surface area contributed by atoms with E-state index in [1.807, 2.05) is 0 Å². The highest BCUT2D eigenvalue weighted by atomic mass is 79.9. The average Bonchev–Trinajstić information content (AvgIpc) is 2.70. The summed E-state index contributed by atoms with van der Waals surface area (Å²) in [5, 5.41) is 17.4. The molecule has 2 aromatic rings. The van der Waals surface area contributed by atoms with E-state index in [4.69, 9.17) is 11.6 Å². The van der Waals surface area contributed by atoms with Gasteiger partial charge in [-0.2, -0.15) is 5.10 Å². The Morgan fingerprint density at radius 2 is 2.25 bits per heavy atom. The molecule has 0 spiro atoms. The molecule has 2 rings (SSSR count). The molecule has 7 heteroatoms. The number of hydrogen-bond acceptors (Lipinski definition) is 3. The van der Waals surface area contributed by atoms with Crippen LogP contribution < -0.4 is 0 Å². The monoisotopic (exact) mass is 301 g/mol. The SMILES string of the molecule is O=[N+]([O-])c1cn[nH]c1-c1cc(Br)ccc1Cl. The van der Waals surface area contributed by atoms with Gasteiger partial charge in [-0.05, 0) is 18.2 Å². The van der Waals surface area contributed by atoms with Crippen LogP contribution in [0.1, 0.15) is 0 Å². The van der Waals surface area contributed by atoms with E-state index in [9.17, 15) is 10.1 Å². The molecule has 0 saturated carbocycles. The molecular weight excluding hydrogens is 297 g/mol. The lowest BCUT2D eigenvalue weighted by Gasteiger charge is -2.01. The maximum absolute atomic E-state index is 10.7. The van der Waals surface area contributed by atoms with Gasteiger partial charge in [0.1, 0.15) is 11.9 Å².